The molecule has 0 radical (unpaired) electrons. The molecule has 2 N–H and O–H groups in total. The van der Waals surface area contributed by atoms with Gasteiger partial charge in [0.05, 0.1) is 11.8 Å². The van der Waals surface area contributed by atoms with Crippen LogP contribution >= 0.6 is 0 Å². The summed E-state index contributed by atoms with van der Waals surface area (Å²) in [5, 5.41) is 11.7. The second-order valence-corrected chi connectivity index (χ2v) is 5.86. The molecule has 4 heteroatoms. The van der Waals surface area contributed by atoms with Crippen LogP contribution in [0, 0.1) is 0 Å². The van der Waals surface area contributed by atoms with Crippen LogP contribution in [0.15, 0.2) is 30.3 Å². The standard InChI is InChI=1S/C15H19NO3/c1-14(2,10-12(17)18)16-13(19)15(8-9-15)11-6-4-3-5-7-11/h3-7H,8-10H2,1-2H3,(H,16,19)(H,17,18). The average Bonchev–Trinajstić information content (AvgIpc) is 3.08. The Morgan fingerprint density at radius 2 is 1.84 bits per heavy atom. The number of carboxylic acids is 1. The molecule has 1 aromatic carbocycles. The highest BCUT2D eigenvalue weighted by Crippen LogP contribution is 2.48. The van der Waals surface area contributed by atoms with Gasteiger partial charge in [0, 0.05) is 5.54 Å². The van der Waals surface area contributed by atoms with E-state index in [1.807, 2.05) is 30.3 Å². The van der Waals surface area contributed by atoms with Gasteiger partial charge >= 0.3 is 5.97 Å². The first-order valence-electron chi connectivity index (χ1n) is 6.46. The van der Waals surface area contributed by atoms with Crippen molar-refractivity contribution in [1.82, 2.24) is 5.32 Å². The molecule has 0 saturated heterocycles. The molecule has 0 heterocycles. The Hall–Kier alpha value is -1.84. The summed E-state index contributed by atoms with van der Waals surface area (Å²) in [6.45, 7) is 3.47. The number of carbonyl (C=O) groups excluding carboxylic acids is 1. The van der Waals surface area contributed by atoms with Crippen molar-refractivity contribution < 1.29 is 14.7 Å². The fourth-order valence-electron chi connectivity index (χ4n) is 2.38. The molecule has 2 rings (SSSR count). The third-order valence-electron chi connectivity index (χ3n) is 3.56. The van der Waals surface area contributed by atoms with E-state index in [2.05, 4.69) is 5.32 Å². The first kappa shape index (κ1) is 13.6. The lowest BCUT2D eigenvalue weighted by molar-refractivity contribution is -0.138. The number of carbonyl (C=O) groups is 2. The fourth-order valence-corrected chi connectivity index (χ4v) is 2.38. The van der Waals surface area contributed by atoms with Crippen molar-refractivity contribution in [3.05, 3.63) is 35.9 Å². The van der Waals surface area contributed by atoms with Gasteiger partial charge < -0.3 is 10.4 Å². The van der Waals surface area contributed by atoms with Crippen LogP contribution in [0.3, 0.4) is 0 Å². The largest absolute Gasteiger partial charge is 0.481 e. The third kappa shape index (κ3) is 2.95. The average molecular weight is 261 g/mol. The van der Waals surface area contributed by atoms with Gasteiger partial charge in [-0.25, -0.2) is 0 Å². The first-order chi connectivity index (χ1) is 8.86. The molecule has 4 nitrogen and oxygen atoms in total. The molecule has 1 aromatic rings. The van der Waals surface area contributed by atoms with Crippen molar-refractivity contribution in [3.63, 3.8) is 0 Å². The van der Waals surface area contributed by atoms with E-state index in [0.29, 0.717) is 0 Å². The van der Waals surface area contributed by atoms with Crippen LogP contribution in [0.1, 0.15) is 38.7 Å². The number of hydrogen-bond donors (Lipinski definition) is 2. The summed E-state index contributed by atoms with van der Waals surface area (Å²) >= 11 is 0. The Morgan fingerprint density at radius 1 is 1.26 bits per heavy atom. The maximum atomic E-state index is 12.4. The van der Waals surface area contributed by atoms with Gasteiger partial charge in [0.1, 0.15) is 0 Å². The minimum absolute atomic E-state index is 0.0649. The lowest BCUT2D eigenvalue weighted by Crippen LogP contribution is -2.49. The third-order valence-corrected chi connectivity index (χ3v) is 3.56. The normalized spacial score (nSPS) is 16.7. The van der Waals surface area contributed by atoms with Gasteiger partial charge in [0.2, 0.25) is 5.91 Å². The molecule has 0 aliphatic heterocycles. The van der Waals surface area contributed by atoms with Gasteiger partial charge in [-0.2, -0.15) is 0 Å². The number of nitrogens with one attached hydrogen (secondary N) is 1. The summed E-state index contributed by atoms with van der Waals surface area (Å²) in [6, 6.07) is 9.68. The molecule has 1 amide bonds. The lowest BCUT2D eigenvalue weighted by Gasteiger charge is -2.27. The van der Waals surface area contributed by atoms with Crippen molar-refractivity contribution in [2.75, 3.05) is 0 Å². The lowest BCUT2D eigenvalue weighted by atomic mass is 9.92. The van der Waals surface area contributed by atoms with Gasteiger partial charge in [-0.15, -0.1) is 0 Å². The van der Waals surface area contributed by atoms with E-state index in [9.17, 15) is 9.59 Å². The quantitative estimate of drug-likeness (QED) is 0.853. The molecule has 0 unspecified atom stereocenters. The van der Waals surface area contributed by atoms with Gasteiger partial charge in [0.25, 0.3) is 0 Å². The number of amides is 1. The predicted octanol–water partition coefficient (Wildman–Crippen LogP) is 2.09. The summed E-state index contributed by atoms with van der Waals surface area (Å²) < 4.78 is 0. The molecular formula is C15H19NO3. The summed E-state index contributed by atoms with van der Waals surface area (Å²) in [5.41, 5.74) is -0.164. The van der Waals surface area contributed by atoms with Crippen LogP contribution in [-0.2, 0) is 15.0 Å². The van der Waals surface area contributed by atoms with Crippen molar-refractivity contribution in [3.8, 4) is 0 Å². The Labute approximate surface area is 112 Å². The van der Waals surface area contributed by atoms with E-state index in [1.165, 1.54) is 0 Å². The number of carboxylic acid groups (broad SMARTS) is 1. The predicted molar refractivity (Wildman–Crippen MR) is 71.8 cm³/mol. The molecule has 102 valence electrons. The zero-order valence-corrected chi connectivity index (χ0v) is 11.3. The second-order valence-electron chi connectivity index (χ2n) is 5.86. The van der Waals surface area contributed by atoms with Gasteiger partial charge in [-0.05, 0) is 32.3 Å². The van der Waals surface area contributed by atoms with Crippen LogP contribution in [0.25, 0.3) is 0 Å². The molecule has 1 aliphatic carbocycles. The molecule has 1 aliphatic rings. The molecule has 1 fully saturated rings. The zero-order chi connectivity index (χ0) is 14.1. The zero-order valence-electron chi connectivity index (χ0n) is 11.3. The highest BCUT2D eigenvalue weighted by atomic mass is 16.4. The van der Waals surface area contributed by atoms with E-state index in [4.69, 9.17) is 5.11 Å². The van der Waals surface area contributed by atoms with E-state index < -0.39 is 16.9 Å². The van der Waals surface area contributed by atoms with Crippen molar-refractivity contribution in [2.45, 2.75) is 44.1 Å². The van der Waals surface area contributed by atoms with Crippen molar-refractivity contribution in [2.24, 2.45) is 0 Å². The van der Waals surface area contributed by atoms with Crippen LogP contribution < -0.4 is 5.32 Å². The minimum atomic E-state index is -0.908. The molecule has 0 bridgehead atoms. The molecule has 19 heavy (non-hydrogen) atoms. The Morgan fingerprint density at radius 3 is 2.32 bits per heavy atom. The first-order valence-corrected chi connectivity index (χ1v) is 6.46. The fraction of sp³-hybridized carbons (Fsp3) is 0.467. The minimum Gasteiger partial charge on any atom is -0.481 e. The number of benzene rings is 1. The van der Waals surface area contributed by atoms with E-state index in [0.717, 1.165) is 18.4 Å². The highest BCUT2D eigenvalue weighted by molar-refractivity contribution is 5.92. The van der Waals surface area contributed by atoms with E-state index >= 15 is 0 Å². The summed E-state index contributed by atoms with van der Waals surface area (Å²) in [5.74, 6) is -0.972. The topological polar surface area (TPSA) is 66.4 Å². The molecular weight excluding hydrogens is 242 g/mol. The Kier molecular flexibility index (Phi) is 3.35. The molecule has 1 saturated carbocycles. The monoisotopic (exact) mass is 261 g/mol. The molecule has 0 aromatic heterocycles. The van der Waals surface area contributed by atoms with Crippen LogP contribution in [0.5, 0.6) is 0 Å². The summed E-state index contributed by atoms with van der Waals surface area (Å²) in [4.78, 5) is 23.2. The maximum Gasteiger partial charge on any atom is 0.305 e. The maximum absolute atomic E-state index is 12.4. The second kappa shape index (κ2) is 4.68. The van der Waals surface area contributed by atoms with Crippen LogP contribution in [0.4, 0.5) is 0 Å². The Balaban J connectivity index is 2.11. The molecule has 0 atom stereocenters. The summed E-state index contributed by atoms with van der Waals surface area (Å²) in [7, 11) is 0. The Bertz CT molecular complexity index is 489. The number of rotatable bonds is 5. The van der Waals surface area contributed by atoms with Gasteiger partial charge in [0.15, 0.2) is 0 Å². The van der Waals surface area contributed by atoms with Gasteiger partial charge in [-0.1, -0.05) is 30.3 Å². The van der Waals surface area contributed by atoms with E-state index in [1.54, 1.807) is 13.8 Å². The number of hydrogen-bond acceptors (Lipinski definition) is 2. The van der Waals surface area contributed by atoms with E-state index in [-0.39, 0.29) is 12.3 Å². The van der Waals surface area contributed by atoms with Crippen LogP contribution in [0.2, 0.25) is 0 Å². The van der Waals surface area contributed by atoms with Crippen molar-refractivity contribution >= 4 is 11.9 Å². The van der Waals surface area contributed by atoms with Crippen molar-refractivity contribution in [1.29, 1.82) is 0 Å². The van der Waals surface area contributed by atoms with Crippen LogP contribution in [-0.4, -0.2) is 22.5 Å². The summed E-state index contributed by atoms with van der Waals surface area (Å²) in [6.07, 6.45) is 1.57. The number of aliphatic carboxylic acids is 1. The molecule has 0 spiro atoms. The van der Waals surface area contributed by atoms with Gasteiger partial charge in [-0.3, -0.25) is 9.59 Å². The highest BCUT2D eigenvalue weighted by Gasteiger charge is 2.52. The SMILES string of the molecule is CC(C)(CC(=O)O)NC(=O)C1(c2ccccc2)CC1. The smallest absolute Gasteiger partial charge is 0.305 e.